The molecule has 0 saturated carbocycles. The number of aryl methyl sites for hydroxylation is 2. The molecule has 2 aromatic carbocycles. The molecule has 6 nitrogen and oxygen atoms in total. The number of furan rings is 1. The molecule has 162 valence electrons. The third-order valence-corrected chi connectivity index (χ3v) is 6.12. The van der Waals surface area contributed by atoms with Crippen LogP contribution in [0.1, 0.15) is 33.7 Å². The van der Waals surface area contributed by atoms with Gasteiger partial charge in [0.1, 0.15) is 11.5 Å². The number of nitrogens with zero attached hydrogens (tertiary/aromatic N) is 1. The van der Waals surface area contributed by atoms with Crippen LogP contribution < -0.4 is 0 Å². The number of carbonyl (C=O) groups excluding carboxylic acids is 2. The molecule has 0 aliphatic carbocycles. The van der Waals surface area contributed by atoms with Crippen LogP contribution >= 0.6 is 11.8 Å². The molecule has 2 heterocycles. The molecule has 1 aromatic heterocycles. The number of rotatable bonds is 7. The van der Waals surface area contributed by atoms with Crippen LogP contribution in [-0.4, -0.2) is 33.7 Å². The largest absolute Gasteiger partial charge is 0.478 e. The summed E-state index contributed by atoms with van der Waals surface area (Å²) < 4.78 is 5.84. The average molecular weight is 448 g/mol. The molecule has 32 heavy (non-hydrogen) atoms. The second kappa shape index (κ2) is 9.28. The van der Waals surface area contributed by atoms with Gasteiger partial charge in [0.2, 0.25) is 0 Å². The Hall–Kier alpha value is -3.58. The van der Waals surface area contributed by atoms with E-state index in [1.807, 2.05) is 37.3 Å². The number of carboxylic acid groups (broad SMARTS) is 1. The van der Waals surface area contributed by atoms with Crippen molar-refractivity contribution in [1.82, 2.24) is 4.90 Å². The van der Waals surface area contributed by atoms with Crippen molar-refractivity contribution >= 4 is 35.0 Å². The summed E-state index contributed by atoms with van der Waals surface area (Å²) in [5.41, 5.74) is 2.87. The first-order valence-corrected chi connectivity index (χ1v) is 11.0. The maximum atomic E-state index is 12.7. The average Bonchev–Trinajstić information content (AvgIpc) is 3.34. The van der Waals surface area contributed by atoms with Gasteiger partial charge in [0, 0.05) is 18.2 Å². The number of hydrogen-bond donors (Lipinski definition) is 1. The molecule has 3 aromatic rings. The first kappa shape index (κ1) is 21.6. The van der Waals surface area contributed by atoms with Crippen molar-refractivity contribution in [3.63, 3.8) is 0 Å². The number of thioether (sulfide) groups is 1. The number of carbonyl (C=O) groups is 3. The summed E-state index contributed by atoms with van der Waals surface area (Å²) in [5, 5.41) is 8.94. The third-order valence-electron chi connectivity index (χ3n) is 5.21. The van der Waals surface area contributed by atoms with E-state index < -0.39 is 5.97 Å². The van der Waals surface area contributed by atoms with Crippen molar-refractivity contribution in [2.45, 2.75) is 19.8 Å². The molecule has 1 N–H and O–H groups in total. The molecule has 4 rings (SSSR count). The molecular formula is C25H21NO5S. The quantitative estimate of drug-likeness (QED) is 0.473. The van der Waals surface area contributed by atoms with Gasteiger partial charge in [-0.1, -0.05) is 36.4 Å². The molecule has 0 atom stereocenters. The molecule has 1 fully saturated rings. The van der Waals surface area contributed by atoms with Crippen molar-refractivity contribution in [2.24, 2.45) is 0 Å². The first-order valence-electron chi connectivity index (χ1n) is 10.2. The van der Waals surface area contributed by atoms with E-state index in [9.17, 15) is 19.5 Å². The Labute approximate surface area is 189 Å². The lowest BCUT2D eigenvalue weighted by molar-refractivity contribution is -0.122. The highest BCUT2D eigenvalue weighted by atomic mass is 32.2. The summed E-state index contributed by atoms with van der Waals surface area (Å²) in [6, 6.07) is 18.2. The normalized spacial score (nSPS) is 15.0. The molecule has 1 aliphatic heterocycles. The van der Waals surface area contributed by atoms with Gasteiger partial charge in [0.05, 0.1) is 10.5 Å². The van der Waals surface area contributed by atoms with Crippen molar-refractivity contribution < 1.29 is 23.9 Å². The predicted molar refractivity (Wildman–Crippen MR) is 123 cm³/mol. The van der Waals surface area contributed by atoms with Gasteiger partial charge < -0.3 is 9.52 Å². The highest BCUT2D eigenvalue weighted by Gasteiger charge is 2.34. The highest BCUT2D eigenvalue weighted by Crippen LogP contribution is 2.34. The molecule has 2 amide bonds. The Morgan fingerprint density at radius 3 is 2.62 bits per heavy atom. The molecule has 1 aliphatic rings. The minimum absolute atomic E-state index is 0.167. The topological polar surface area (TPSA) is 87.8 Å². The summed E-state index contributed by atoms with van der Waals surface area (Å²) in [6.07, 6.45) is 3.04. The van der Waals surface area contributed by atoms with Gasteiger partial charge in [0.25, 0.3) is 11.1 Å². The number of amides is 2. The third kappa shape index (κ3) is 4.68. The van der Waals surface area contributed by atoms with Gasteiger partial charge >= 0.3 is 5.97 Å². The fourth-order valence-electron chi connectivity index (χ4n) is 3.50. The number of aromatic carboxylic acids is 1. The molecular weight excluding hydrogens is 426 g/mol. The van der Waals surface area contributed by atoms with Gasteiger partial charge in [-0.25, -0.2) is 4.79 Å². The molecule has 7 heteroatoms. The highest BCUT2D eigenvalue weighted by molar-refractivity contribution is 8.18. The lowest BCUT2D eigenvalue weighted by atomic mass is 10.0. The number of imide groups is 1. The van der Waals surface area contributed by atoms with Gasteiger partial charge in [-0.2, -0.15) is 0 Å². The number of carboxylic acids is 1. The Kier molecular flexibility index (Phi) is 6.28. The minimum atomic E-state index is -1.01. The zero-order chi connectivity index (χ0) is 22.7. The van der Waals surface area contributed by atoms with Crippen LogP contribution in [0, 0.1) is 6.92 Å². The molecule has 0 spiro atoms. The maximum absolute atomic E-state index is 12.7. The van der Waals surface area contributed by atoms with E-state index in [1.165, 1.54) is 10.5 Å². The summed E-state index contributed by atoms with van der Waals surface area (Å²) in [7, 11) is 0. The van der Waals surface area contributed by atoms with Crippen molar-refractivity contribution in [2.75, 3.05) is 6.54 Å². The second-order valence-electron chi connectivity index (χ2n) is 7.46. The monoisotopic (exact) mass is 447 g/mol. The summed E-state index contributed by atoms with van der Waals surface area (Å²) in [5.74, 6) is -0.414. The summed E-state index contributed by atoms with van der Waals surface area (Å²) in [4.78, 5) is 37.9. The van der Waals surface area contributed by atoms with E-state index in [2.05, 4.69) is 0 Å². The fraction of sp³-hybridized carbons (Fsp3) is 0.160. The zero-order valence-corrected chi connectivity index (χ0v) is 18.2. The Morgan fingerprint density at radius 1 is 1.09 bits per heavy atom. The standard InChI is InChI=1S/C25H21NO5S/c1-16-9-10-18(24(28)29)14-20(16)21-12-11-19(31-21)15-22-23(27)26(25(30)32-22)13-5-8-17-6-3-2-4-7-17/h2-4,6-7,9-12,14-15H,5,8,13H2,1H3,(H,28,29)/b22-15+. The van der Waals surface area contributed by atoms with Gasteiger partial charge in [-0.15, -0.1) is 0 Å². The van der Waals surface area contributed by atoms with Crippen LogP contribution in [0.3, 0.4) is 0 Å². The molecule has 0 bridgehead atoms. The van der Waals surface area contributed by atoms with E-state index >= 15 is 0 Å². The lowest BCUT2D eigenvalue weighted by Gasteiger charge is -2.11. The Balaban J connectivity index is 1.46. The molecule has 1 saturated heterocycles. The van der Waals surface area contributed by atoms with E-state index in [0.717, 1.165) is 23.7 Å². The lowest BCUT2D eigenvalue weighted by Crippen LogP contribution is -2.29. The van der Waals surface area contributed by atoms with Crippen LogP contribution in [0.5, 0.6) is 0 Å². The van der Waals surface area contributed by atoms with Crippen LogP contribution in [0.25, 0.3) is 17.4 Å². The van der Waals surface area contributed by atoms with E-state index in [4.69, 9.17) is 4.42 Å². The molecule has 0 unspecified atom stereocenters. The predicted octanol–water partition coefficient (Wildman–Crippen LogP) is 5.62. The minimum Gasteiger partial charge on any atom is -0.478 e. The van der Waals surface area contributed by atoms with Crippen LogP contribution in [0.2, 0.25) is 0 Å². The van der Waals surface area contributed by atoms with Gasteiger partial charge in [-0.3, -0.25) is 14.5 Å². The Bertz CT molecular complexity index is 1210. The second-order valence-corrected chi connectivity index (χ2v) is 8.45. The number of benzene rings is 2. The molecule has 0 radical (unpaired) electrons. The van der Waals surface area contributed by atoms with E-state index in [0.29, 0.717) is 35.0 Å². The first-order chi connectivity index (χ1) is 15.4. The smallest absolute Gasteiger partial charge is 0.335 e. The fourth-order valence-corrected chi connectivity index (χ4v) is 4.35. The SMILES string of the molecule is Cc1ccc(C(=O)O)cc1-c1ccc(/C=C2/SC(=O)N(CCCc3ccccc3)C2=O)o1. The number of hydrogen-bond acceptors (Lipinski definition) is 5. The summed E-state index contributed by atoms with van der Waals surface area (Å²) >= 11 is 0.898. The van der Waals surface area contributed by atoms with Gasteiger partial charge in [-0.05, 0) is 66.9 Å². The van der Waals surface area contributed by atoms with Crippen molar-refractivity contribution in [1.29, 1.82) is 0 Å². The van der Waals surface area contributed by atoms with E-state index in [-0.39, 0.29) is 16.7 Å². The zero-order valence-electron chi connectivity index (χ0n) is 17.4. The van der Waals surface area contributed by atoms with Crippen LogP contribution in [0.15, 0.2) is 70.0 Å². The summed E-state index contributed by atoms with van der Waals surface area (Å²) in [6.45, 7) is 2.23. The van der Waals surface area contributed by atoms with Crippen LogP contribution in [0.4, 0.5) is 4.79 Å². The van der Waals surface area contributed by atoms with E-state index in [1.54, 1.807) is 36.4 Å². The Morgan fingerprint density at radius 2 is 1.88 bits per heavy atom. The maximum Gasteiger partial charge on any atom is 0.335 e. The van der Waals surface area contributed by atoms with Gasteiger partial charge in [0.15, 0.2) is 0 Å². The van der Waals surface area contributed by atoms with Crippen molar-refractivity contribution in [3.05, 3.63) is 88.0 Å². The van der Waals surface area contributed by atoms with Crippen LogP contribution in [-0.2, 0) is 11.2 Å². The van der Waals surface area contributed by atoms with Crippen molar-refractivity contribution in [3.8, 4) is 11.3 Å².